The van der Waals surface area contributed by atoms with E-state index in [1.54, 1.807) is 12.1 Å². The number of carbonyl (C=O) groups excluding carboxylic acids is 1. The standard InChI is InChI=1S/C22H20FN3O/c23-15-5-6-20-17(10-15)18(12-25-20)22(7-8-22)13-26-21(27)9-14-11-24-19-4-2-1-3-16(14)19/h1-6,10-12,24-25H,7-9,13H2,(H,26,27). The minimum atomic E-state index is -0.234. The normalized spacial score (nSPS) is 15.3. The van der Waals surface area contributed by atoms with Crippen molar-refractivity contribution in [3.63, 3.8) is 0 Å². The summed E-state index contributed by atoms with van der Waals surface area (Å²) >= 11 is 0. The lowest BCUT2D eigenvalue weighted by atomic mass is 9.95. The Morgan fingerprint density at radius 1 is 1.04 bits per heavy atom. The molecule has 2 aromatic heterocycles. The van der Waals surface area contributed by atoms with E-state index in [4.69, 9.17) is 0 Å². The number of rotatable bonds is 5. The van der Waals surface area contributed by atoms with Crippen molar-refractivity contribution in [3.8, 4) is 0 Å². The number of hydrogen-bond donors (Lipinski definition) is 3. The van der Waals surface area contributed by atoms with Crippen LogP contribution >= 0.6 is 0 Å². The molecule has 2 heterocycles. The minimum absolute atomic E-state index is 0.0112. The molecular weight excluding hydrogens is 341 g/mol. The fraction of sp³-hybridized carbons (Fsp3) is 0.227. The zero-order valence-corrected chi connectivity index (χ0v) is 14.8. The number of fused-ring (bicyclic) bond motifs is 2. The Morgan fingerprint density at radius 3 is 2.67 bits per heavy atom. The molecule has 136 valence electrons. The van der Waals surface area contributed by atoms with E-state index in [-0.39, 0.29) is 17.1 Å². The van der Waals surface area contributed by atoms with Gasteiger partial charge in [-0.3, -0.25) is 4.79 Å². The summed E-state index contributed by atoms with van der Waals surface area (Å²) < 4.78 is 13.7. The summed E-state index contributed by atoms with van der Waals surface area (Å²) in [4.78, 5) is 19.0. The van der Waals surface area contributed by atoms with Gasteiger partial charge in [-0.2, -0.15) is 0 Å². The molecule has 1 fully saturated rings. The molecule has 27 heavy (non-hydrogen) atoms. The molecule has 4 nitrogen and oxygen atoms in total. The summed E-state index contributed by atoms with van der Waals surface area (Å²) in [6.45, 7) is 0.581. The van der Waals surface area contributed by atoms with Crippen molar-refractivity contribution < 1.29 is 9.18 Å². The van der Waals surface area contributed by atoms with Gasteiger partial charge in [0.1, 0.15) is 5.82 Å². The van der Waals surface area contributed by atoms with E-state index in [2.05, 4.69) is 15.3 Å². The van der Waals surface area contributed by atoms with Crippen molar-refractivity contribution in [3.05, 3.63) is 71.8 Å². The summed E-state index contributed by atoms with van der Waals surface area (Å²) in [5.41, 5.74) is 4.00. The van der Waals surface area contributed by atoms with Crippen LogP contribution in [0.15, 0.2) is 54.9 Å². The Bertz CT molecular complexity index is 1150. The quantitative estimate of drug-likeness (QED) is 0.491. The molecule has 0 unspecified atom stereocenters. The fourth-order valence-electron chi connectivity index (χ4n) is 4.00. The fourth-order valence-corrected chi connectivity index (χ4v) is 4.00. The molecule has 0 bridgehead atoms. The zero-order chi connectivity index (χ0) is 18.4. The van der Waals surface area contributed by atoms with Gasteiger partial charge >= 0.3 is 0 Å². The van der Waals surface area contributed by atoms with Crippen LogP contribution < -0.4 is 5.32 Å². The molecule has 1 aliphatic rings. The molecule has 0 atom stereocenters. The van der Waals surface area contributed by atoms with Crippen LogP contribution in [0.25, 0.3) is 21.8 Å². The predicted molar refractivity (Wildman–Crippen MR) is 104 cm³/mol. The van der Waals surface area contributed by atoms with Crippen molar-refractivity contribution in [2.45, 2.75) is 24.7 Å². The topological polar surface area (TPSA) is 60.7 Å². The van der Waals surface area contributed by atoms with Crippen LogP contribution in [-0.2, 0) is 16.6 Å². The summed E-state index contributed by atoms with van der Waals surface area (Å²) in [6.07, 6.45) is 6.22. The van der Waals surface area contributed by atoms with Gasteiger partial charge in [-0.15, -0.1) is 0 Å². The van der Waals surface area contributed by atoms with Crippen LogP contribution in [-0.4, -0.2) is 22.4 Å². The highest BCUT2D eigenvalue weighted by Gasteiger charge is 2.45. The number of amides is 1. The number of carbonyl (C=O) groups is 1. The average Bonchev–Trinajstić information content (AvgIpc) is 3.17. The van der Waals surface area contributed by atoms with Crippen molar-refractivity contribution in [2.24, 2.45) is 0 Å². The van der Waals surface area contributed by atoms with Crippen molar-refractivity contribution >= 4 is 27.7 Å². The Kier molecular flexibility index (Phi) is 3.57. The monoisotopic (exact) mass is 361 g/mol. The van der Waals surface area contributed by atoms with Crippen molar-refractivity contribution in [1.29, 1.82) is 0 Å². The van der Waals surface area contributed by atoms with E-state index in [0.29, 0.717) is 13.0 Å². The molecule has 0 saturated heterocycles. The number of nitrogens with one attached hydrogen (secondary N) is 3. The minimum Gasteiger partial charge on any atom is -0.361 e. The molecule has 5 rings (SSSR count). The van der Waals surface area contributed by atoms with Gasteiger partial charge in [-0.25, -0.2) is 4.39 Å². The van der Waals surface area contributed by atoms with Crippen molar-refractivity contribution in [1.82, 2.24) is 15.3 Å². The van der Waals surface area contributed by atoms with Crippen LogP contribution in [0.1, 0.15) is 24.0 Å². The Balaban J connectivity index is 1.32. The lowest BCUT2D eigenvalue weighted by molar-refractivity contribution is -0.120. The van der Waals surface area contributed by atoms with Gasteiger partial charge in [0.2, 0.25) is 5.91 Å². The van der Waals surface area contributed by atoms with E-state index in [1.165, 1.54) is 6.07 Å². The number of halogens is 1. The second-order valence-electron chi connectivity index (χ2n) is 7.49. The Morgan fingerprint density at radius 2 is 1.81 bits per heavy atom. The van der Waals surface area contributed by atoms with Crippen LogP contribution in [0.3, 0.4) is 0 Å². The number of hydrogen-bond acceptors (Lipinski definition) is 1. The number of H-pyrrole nitrogens is 2. The smallest absolute Gasteiger partial charge is 0.224 e. The van der Waals surface area contributed by atoms with Gasteiger partial charge in [0.15, 0.2) is 0 Å². The number of aromatic nitrogens is 2. The first-order chi connectivity index (χ1) is 13.1. The summed E-state index contributed by atoms with van der Waals surface area (Å²) in [7, 11) is 0. The van der Waals surface area contributed by atoms with Gasteiger partial charge in [0.05, 0.1) is 6.42 Å². The molecule has 2 aromatic carbocycles. The van der Waals surface area contributed by atoms with E-state index in [1.807, 2.05) is 36.7 Å². The molecule has 0 aliphatic heterocycles. The van der Waals surface area contributed by atoms with Crippen LogP contribution in [0.2, 0.25) is 0 Å². The molecule has 1 saturated carbocycles. The lowest BCUT2D eigenvalue weighted by Gasteiger charge is -2.16. The first-order valence-electron chi connectivity index (χ1n) is 9.23. The van der Waals surface area contributed by atoms with Gasteiger partial charge in [-0.1, -0.05) is 18.2 Å². The summed E-state index contributed by atoms with van der Waals surface area (Å²) in [6, 6.07) is 12.8. The lowest BCUT2D eigenvalue weighted by Crippen LogP contribution is -2.33. The summed E-state index contributed by atoms with van der Waals surface area (Å²) in [5.74, 6) is -0.223. The van der Waals surface area contributed by atoms with E-state index in [0.717, 1.165) is 45.8 Å². The zero-order valence-electron chi connectivity index (χ0n) is 14.8. The third-order valence-corrected chi connectivity index (χ3v) is 5.72. The maximum Gasteiger partial charge on any atom is 0.224 e. The summed E-state index contributed by atoms with van der Waals surface area (Å²) in [5, 5.41) is 5.09. The van der Waals surface area contributed by atoms with Gasteiger partial charge in [0, 0.05) is 46.2 Å². The third kappa shape index (κ3) is 2.79. The molecule has 5 heteroatoms. The van der Waals surface area contributed by atoms with Gasteiger partial charge in [-0.05, 0) is 48.2 Å². The van der Waals surface area contributed by atoms with E-state index >= 15 is 0 Å². The van der Waals surface area contributed by atoms with E-state index in [9.17, 15) is 9.18 Å². The average molecular weight is 361 g/mol. The Labute approximate surface area is 155 Å². The predicted octanol–water partition coefficient (Wildman–Crippen LogP) is 4.18. The maximum atomic E-state index is 13.7. The highest BCUT2D eigenvalue weighted by atomic mass is 19.1. The molecule has 0 radical (unpaired) electrons. The van der Waals surface area contributed by atoms with Gasteiger partial charge in [0.25, 0.3) is 0 Å². The van der Waals surface area contributed by atoms with Crippen LogP contribution in [0, 0.1) is 5.82 Å². The second kappa shape index (κ2) is 5.98. The SMILES string of the molecule is O=C(Cc1c[nH]c2ccccc12)NCC1(c2c[nH]c3ccc(F)cc23)CC1. The van der Waals surface area contributed by atoms with Gasteiger partial charge < -0.3 is 15.3 Å². The molecule has 3 N–H and O–H groups in total. The highest BCUT2D eigenvalue weighted by Crippen LogP contribution is 2.50. The first kappa shape index (κ1) is 16.1. The highest BCUT2D eigenvalue weighted by molar-refractivity contribution is 5.89. The van der Waals surface area contributed by atoms with Crippen LogP contribution in [0.4, 0.5) is 4.39 Å². The molecule has 1 aliphatic carbocycles. The van der Waals surface area contributed by atoms with E-state index < -0.39 is 0 Å². The Hall–Kier alpha value is -3.08. The molecule has 0 spiro atoms. The third-order valence-electron chi connectivity index (χ3n) is 5.72. The number of para-hydroxylation sites is 1. The maximum absolute atomic E-state index is 13.7. The molecule has 4 aromatic rings. The first-order valence-corrected chi connectivity index (χ1v) is 9.23. The second-order valence-corrected chi connectivity index (χ2v) is 7.49. The van der Waals surface area contributed by atoms with Crippen molar-refractivity contribution in [2.75, 3.05) is 6.54 Å². The number of benzene rings is 2. The van der Waals surface area contributed by atoms with Crippen LogP contribution in [0.5, 0.6) is 0 Å². The molecular formula is C22H20FN3O. The largest absolute Gasteiger partial charge is 0.361 e. The number of aromatic amines is 2. The molecule has 1 amide bonds.